The van der Waals surface area contributed by atoms with Gasteiger partial charge < -0.3 is 9.72 Å². The van der Waals surface area contributed by atoms with Gasteiger partial charge in [0.15, 0.2) is 0 Å². The van der Waals surface area contributed by atoms with Gasteiger partial charge in [-0.25, -0.2) is 0 Å². The first-order valence-corrected chi connectivity index (χ1v) is 9.68. The monoisotopic (exact) mass is 346 g/mol. The second-order valence-corrected chi connectivity index (χ2v) is 7.57. The molecule has 1 aliphatic heterocycles. The van der Waals surface area contributed by atoms with E-state index in [0.29, 0.717) is 6.04 Å². The van der Waals surface area contributed by atoms with Crippen molar-refractivity contribution in [2.75, 3.05) is 13.2 Å². The number of H-pyrrole nitrogens is 1. The third kappa shape index (κ3) is 4.08. The van der Waals surface area contributed by atoms with Crippen LogP contribution in [0.15, 0.2) is 29.1 Å². The molecular formula is C19H26N2O2S. The van der Waals surface area contributed by atoms with Gasteiger partial charge in [0.25, 0.3) is 0 Å². The number of thiazole rings is 1. The van der Waals surface area contributed by atoms with Crippen LogP contribution in [0.5, 0.6) is 5.75 Å². The maximum Gasteiger partial charge on any atom is 0.305 e. The quantitative estimate of drug-likeness (QED) is 0.850. The molecule has 1 N–H and O–H groups in total. The highest BCUT2D eigenvalue weighted by molar-refractivity contribution is 7.09. The number of hydrogen-bond acceptors (Lipinski definition) is 4. The summed E-state index contributed by atoms with van der Waals surface area (Å²) >= 11 is 1.34. The highest BCUT2D eigenvalue weighted by Gasteiger charge is 2.21. The van der Waals surface area contributed by atoms with E-state index >= 15 is 0 Å². The van der Waals surface area contributed by atoms with Gasteiger partial charge in [-0.3, -0.25) is 9.69 Å². The van der Waals surface area contributed by atoms with Gasteiger partial charge in [-0.05, 0) is 62.6 Å². The van der Waals surface area contributed by atoms with Gasteiger partial charge in [0.1, 0.15) is 5.75 Å². The molecule has 4 nitrogen and oxygen atoms in total. The Morgan fingerprint density at radius 2 is 2.08 bits per heavy atom. The molecule has 0 saturated carbocycles. The number of rotatable bonds is 6. The van der Waals surface area contributed by atoms with E-state index in [1.807, 2.05) is 24.3 Å². The summed E-state index contributed by atoms with van der Waals surface area (Å²) in [6.07, 6.45) is 4.81. The van der Waals surface area contributed by atoms with Crippen molar-refractivity contribution in [2.24, 2.45) is 0 Å². The van der Waals surface area contributed by atoms with Crippen molar-refractivity contribution in [1.29, 1.82) is 0 Å². The van der Waals surface area contributed by atoms with Crippen LogP contribution >= 0.6 is 11.3 Å². The number of ether oxygens (including phenoxy) is 1. The molecular weight excluding hydrogens is 320 g/mol. The number of benzene rings is 1. The minimum Gasteiger partial charge on any atom is -0.494 e. The Hall–Kier alpha value is -1.59. The minimum absolute atomic E-state index is 0.0240. The highest BCUT2D eigenvalue weighted by atomic mass is 32.1. The fraction of sp³-hybridized carbons (Fsp3) is 0.526. The molecule has 3 rings (SSSR count). The van der Waals surface area contributed by atoms with E-state index in [-0.39, 0.29) is 4.87 Å². The summed E-state index contributed by atoms with van der Waals surface area (Å²) in [5.41, 5.74) is 2.02. The Balaban J connectivity index is 1.79. The lowest BCUT2D eigenvalue weighted by atomic mass is 10.0. The summed E-state index contributed by atoms with van der Waals surface area (Å²) in [5.74, 6) is 0.879. The largest absolute Gasteiger partial charge is 0.494 e. The third-order valence-electron chi connectivity index (χ3n) is 4.62. The van der Waals surface area contributed by atoms with Crippen molar-refractivity contribution in [2.45, 2.75) is 52.1 Å². The van der Waals surface area contributed by atoms with Crippen molar-refractivity contribution in [3.05, 3.63) is 38.8 Å². The van der Waals surface area contributed by atoms with Crippen LogP contribution in [0.2, 0.25) is 0 Å². The third-order valence-corrected chi connectivity index (χ3v) is 5.49. The molecule has 5 heteroatoms. The minimum atomic E-state index is 0.0240. The van der Waals surface area contributed by atoms with Gasteiger partial charge in [0, 0.05) is 17.5 Å². The number of nitrogens with zero attached hydrogens (tertiary/aromatic N) is 1. The molecule has 1 fully saturated rings. The standard InChI is InChI=1S/C19H26N2O2S/c1-3-12-23-16-9-7-15(8-10-16)18-17(24-19(22)20-18)13-21-11-5-4-6-14(21)2/h7-10,14H,3-6,11-13H2,1-2H3,(H,20,22). The molecule has 0 bridgehead atoms. The van der Waals surface area contributed by atoms with Crippen LogP contribution in [-0.2, 0) is 6.54 Å². The summed E-state index contributed by atoms with van der Waals surface area (Å²) in [4.78, 5) is 18.6. The molecule has 0 aliphatic carbocycles. The van der Waals surface area contributed by atoms with Crippen molar-refractivity contribution in [1.82, 2.24) is 9.88 Å². The fourth-order valence-electron chi connectivity index (χ4n) is 3.22. The number of hydrogen-bond donors (Lipinski definition) is 1. The van der Waals surface area contributed by atoms with Crippen LogP contribution < -0.4 is 9.61 Å². The number of aromatic nitrogens is 1. The SMILES string of the molecule is CCCOc1ccc(-c2[nH]c(=O)sc2CN2CCCCC2C)cc1. The van der Waals surface area contributed by atoms with Crippen LogP contribution in [-0.4, -0.2) is 29.1 Å². The van der Waals surface area contributed by atoms with Crippen molar-refractivity contribution in [3.8, 4) is 17.0 Å². The lowest BCUT2D eigenvalue weighted by Crippen LogP contribution is -2.36. The first-order valence-electron chi connectivity index (χ1n) is 8.86. The van der Waals surface area contributed by atoms with Crippen molar-refractivity contribution in [3.63, 3.8) is 0 Å². The van der Waals surface area contributed by atoms with E-state index in [0.717, 1.165) is 48.0 Å². The Bertz CT molecular complexity index is 705. The predicted molar refractivity (Wildman–Crippen MR) is 99.9 cm³/mol. The summed E-state index contributed by atoms with van der Waals surface area (Å²) in [5, 5.41) is 0. The maximum absolute atomic E-state index is 11.9. The molecule has 0 amide bonds. The van der Waals surface area contributed by atoms with E-state index < -0.39 is 0 Å². The Morgan fingerprint density at radius 3 is 2.79 bits per heavy atom. The first-order chi connectivity index (χ1) is 11.7. The highest BCUT2D eigenvalue weighted by Crippen LogP contribution is 2.28. The molecule has 0 spiro atoms. The molecule has 1 saturated heterocycles. The number of aromatic amines is 1. The second kappa shape index (κ2) is 7.99. The van der Waals surface area contributed by atoms with Crippen molar-refractivity contribution < 1.29 is 4.74 Å². The Labute approximate surface area is 147 Å². The van der Waals surface area contributed by atoms with Gasteiger partial charge >= 0.3 is 4.87 Å². The normalized spacial score (nSPS) is 18.7. The summed E-state index contributed by atoms with van der Waals surface area (Å²) in [7, 11) is 0. The molecule has 2 heterocycles. The van der Waals surface area contributed by atoms with E-state index in [4.69, 9.17) is 4.74 Å². The maximum atomic E-state index is 11.9. The van der Waals surface area contributed by atoms with Gasteiger partial charge in [0.05, 0.1) is 12.3 Å². The number of nitrogens with one attached hydrogen (secondary N) is 1. The zero-order chi connectivity index (χ0) is 16.9. The van der Waals surface area contributed by atoms with Gasteiger partial charge in [0.2, 0.25) is 0 Å². The molecule has 1 aliphatic rings. The predicted octanol–water partition coefficient (Wildman–Crippen LogP) is 4.27. The molecule has 24 heavy (non-hydrogen) atoms. The topological polar surface area (TPSA) is 45.3 Å². The van der Waals surface area contributed by atoms with Gasteiger partial charge in [-0.2, -0.15) is 0 Å². The fourth-order valence-corrected chi connectivity index (χ4v) is 4.10. The summed E-state index contributed by atoms with van der Waals surface area (Å²) < 4.78 is 5.64. The van der Waals surface area contributed by atoms with Crippen LogP contribution in [0, 0.1) is 0 Å². The first kappa shape index (κ1) is 17.2. The molecule has 130 valence electrons. The second-order valence-electron chi connectivity index (χ2n) is 6.50. The zero-order valence-electron chi connectivity index (χ0n) is 14.5. The zero-order valence-corrected chi connectivity index (χ0v) is 15.3. The summed E-state index contributed by atoms with van der Waals surface area (Å²) in [6.45, 7) is 7.09. The van der Waals surface area contributed by atoms with E-state index in [1.54, 1.807) is 0 Å². The average Bonchev–Trinajstić information content (AvgIpc) is 2.96. The summed E-state index contributed by atoms with van der Waals surface area (Å²) in [6, 6.07) is 8.62. The average molecular weight is 346 g/mol. The molecule has 1 aromatic carbocycles. The smallest absolute Gasteiger partial charge is 0.305 e. The number of piperidine rings is 1. The Kier molecular flexibility index (Phi) is 5.74. The van der Waals surface area contributed by atoms with Crippen LogP contribution in [0.1, 0.15) is 44.4 Å². The molecule has 1 aromatic heterocycles. The van der Waals surface area contributed by atoms with E-state index in [1.165, 1.54) is 30.6 Å². The lowest BCUT2D eigenvalue weighted by molar-refractivity contribution is 0.154. The number of likely N-dealkylation sites (tertiary alicyclic amines) is 1. The van der Waals surface area contributed by atoms with E-state index in [2.05, 4.69) is 23.7 Å². The molecule has 1 atom stereocenters. The molecule has 0 radical (unpaired) electrons. The van der Waals surface area contributed by atoms with Crippen LogP contribution in [0.4, 0.5) is 0 Å². The van der Waals surface area contributed by atoms with E-state index in [9.17, 15) is 4.79 Å². The van der Waals surface area contributed by atoms with Crippen molar-refractivity contribution >= 4 is 11.3 Å². The Morgan fingerprint density at radius 1 is 1.29 bits per heavy atom. The van der Waals surface area contributed by atoms with Gasteiger partial charge in [-0.1, -0.05) is 24.7 Å². The van der Waals surface area contributed by atoms with Crippen LogP contribution in [0.3, 0.4) is 0 Å². The van der Waals surface area contributed by atoms with Crippen LogP contribution in [0.25, 0.3) is 11.3 Å². The molecule has 1 unspecified atom stereocenters. The van der Waals surface area contributed by atoms with Gasteiger partial charge in [-0.15, -0.1) is 0 Å². The lowest BCUT2D eigenvalue weighted by Gasteiger charge is -2.33. The molecule has 2 aromatic rings.